The number of hydrogen-bond donors (Lipinski definition) is 2. The molecule has 0 unspecified atom stereocenters. The van der Waals surface area contributed by atoms with Crippen LogP contribution >= 0.6 is 0 Å². The highest BCUT2D eigenvalue weighted by Crippen LogP contribution is 2.24. The molecule has 0 bridgehead atoms. The topological polar surface area (TPSA) is 84.7 Å². The van der Waals surface area contributed by atoms with Crippen LogP contribution in [0.4, 0.5) is 10.2 Å². The zero-order valence-corrected chi connectivity index (χ0v) is 17.3. The molecule has 31 heavy (non-hydrogen) atoms. The molecule has 0 saturated heterocycles. The van der Waals surface area contributed by atoms with Crippen molar-refractivity contribution in [3.05, 3.63) is 78.0 Å². The van der Waals surface area contributed by atoms with Crippen LogP contribution in [0.2, 0.25) is 0 Å². The van der Waals surface area contributed by atoms with Crippen LogP contribution < -0.4 is 10.6 Å². The largest absolute Gasteiger partial charge is 0.368 e. The van der Waals surface area contributed by atoms with Crippen LogP contribution in [0.3, 0.4) is 0 Å². The predicted octanol–water partition coefficient (Wildman–Crippen LogP) is 3.92. The molecule has 0 spiro atoms. The fourth-order valence-corrected chi connectivity index (χ4v) is 3.16. The molecule has 0 aliphatic heterocycles. The van der Waals surface area contributed by atoms with Gasteiger partial charge in [0.25, 0.3) is 5.91 Å². The fraction of sp³-hybridized carbons (Fsp3) is 0.217. The third kappa shape index (κ3) is 4.53. The van der Waals surface area contributed by atoms with E-state index in [9.17, 15) is 9.18 Å². The Kier molecular flexibility index (Phi) is 5.88. The molecule has 0 radical (unpaired) electrons. The van der Waals surface area contributed by atoms with Gasteiger partial charge in [-0.3, -0.25) is 4.79 Å². The summed E-state index contributed by atoms with van der Waals surface area (Å²) < 4.78 is 15.1. The number of fused-ring (bicyclic) bond motifs is 1. The molecule has 2 aromatic carbocycles. The number of halogens is 1. The Labute approximate surface area is 179 Å². The minimum atomic E-state index is -0.439. The molecule has 0 fully saturated rings. The minimum absolute atomic E-state index is 0.136. The van der Waals surface area contributed by atoms with E-state index < -0.39 is 5.82 Å². The molecule has 0 atom stereocenters. The molecular weight excluding hydrogens is 395 g/mol. The van der Waals surface area contributed by atoms with Gasteiger partial charge in [-0.05, 0) is 30.3 Å². The molecule has 2 aromatic heterocycles. The number of nitrogens with zero attached hydrogens (tertiary/aromatic N) is 4. The van der Waals surface area contributed by atoms with Gasteiger partial charge in [-0.25, -0.2) is 19.0 Å². The minimum Gasteiger partial charge on any atom is -0.368 e. The third-order valence-electron chi connectivity index (χ3n) is 4.75. The van der Waals surface area contributed by atoms with Crippen molar-refractivity contribution in [3.8, 4) is 5.69 Å². The zero-order chi connectivity index (χ0) is 21.8. The maximum atomic E-state index is 13.3. The lowest BCUT2D eigenvalue weighted by Gasteiger charge is -2.12. The molecule has 1 amide bonds. The average Bonchev–Trinajstić information content (AvgIpc) is 3.21. The van der Waals surface area contributed by atoms with Gasteiger partial charge in [-0.15, -0.1) is 0 Å². The summed E-state index contributed by atoms with van der Waals surface area (Å²) >= 11 is 0. The summed E-state index contributed by atoms with van der Waals surface area (Å²) in [6.45, 7) is 4.87. The van der Waals surface area contributed by atoms with E-state index in [0.29, 0.717) is 24.7 Å². The van der Waals surface area contributed by atoms with Crippen LogP contribution in [0.15, 0.2) is 60.8 Å². The van der Waals surface area contributed by atoms with E-state index in [1.54, 1.807) is 16.9 Å². The van der Waals surface area contributed by atoms with Gasteiger partial charge in [-0.1, -0.05) is 38.1 Å². The summed E-state index contributed by atoms with van der Waals surface area (Å²) in [7, 11) is 0. The number of benzene rings is 2. The van der Waals surface area contributed by atoms with Crippen molar-refractivity contribution in [1.82, 2.24) is 25.1 Å². The second kappa shape index (κ2) is 8.91. The molecule has 8 heteroatoms. The Morgan fingerprint density at radius 1 is 1.06 bits per heavy atom. The van der Waals surface area contributed by atoms with Crippen molar-refractivity contribution in [1.29, 1.82) is 0 Å². The summed E-state index contributed by atoms with van der Waals surface area (Å²) in [4.78, 5) is 21.6. The van der Waals surface area contributed by atoms with E-state index in [2.05, 4.69) is 20.7 Å². The Morgan fingerprint density at radius 3 is 2.61 bits per heavy atom. The molecular formula is C23H23FN6O. The maximum Gasteiger partial charge on any atom is 0.251 e. The lowest BCUT2D eigenvalue weighted by atomic mass is 10.2. The molecule has 0 aliphatic carbocycles. The van der Waals surface area contributed by atoms with E-state index in [-0.39, 0.29) is 17.4 Å². The number of carbonyl (C=O) groups excluding carboxylic acids is 1. The number of hydrogen-bond acceptors (Lipinski definition) is 5. The Hall–Kier alpha value is -3.81. The molecule has 2 N–H and O–H groups in total. The number of carbonyl (C=O) groups is 1. The van der Waals surface area contributed by atoms with E-state index in [4.69, 9.17) is 4.98 Å². The summed E-state index contributed by atoms with van der Waals surface area (Å²) in [5.41, 5.74) is 1.92. The zero-order valence-electron chi connectivity index (χ0n) is 17.3. The first-order valence-corrected chi connectivity index (χ1v) is 10.1. The lowest BCUT2D eigenvalue weighted by Crippen LogP contribution is -2.29. The number of aromatic nitrogens is 4. The maximum absolute atomic E-state index is 13.3. The van der Waals surface area contributed by atoms with E-state index in [1.165, 1.54) is 18.2 Å². The van der Waals surface area contributed by atoms with Crippen molar-refractivity contribution >= 4 is 22.8 Å². The number of para-hydroxylation sites is 1. The second-order valence-electron chi connectivity index (χ2n) is 7.41. The van der Waals surface area contributed by atoms with Crippen LogP contribution in [-0.2, 0) is 0 Å². The van der Waals surface area contributed by atoms with Crippen LogP contribution in [-0.4, -0.2) is 38.7 Å². The standard InChI is InChI=1S/C23H23FN6O/c1-15(2)20-28-21(25-11-12-26-23(31)16-7-6-8-17(24)13-16)19-14-27-30(22(19)29-20)18-9-4-3-5-10-18/h3-10,13-15H,11-12H2,1-2H3,(H,26,31)(H,25,28,29). The van der Waals surface area contributed by atoms with Crippen molar-refractivity contribution in [2.45, 2.75) is 19.8 Å². The summed E-state index contributed by atoms with van der Waals surface area (Å²) in [6, 6.07) is 15.4. The molecule has 0 aliphatic rings. The van der Waals surface area contributed by atoms with Crippen LogP contribution in [0.1, 0.15) is 35.9 Å². The Morgan fingerprint density at radius 2 is 1.87 bits per heavy atom. The van der Waals surface area contributed by atoms with Gasteiger partial charge in [0.15, 0.2) is 5.65 Å². The first-order chi connectivity index (χ1) is 15.0. The quantitative estimate of drug-likeness (QED) is 0.445. The van der Waals surface area contributed by atoms with E-state index in [1.807, 2.05) is 44.2 Å². The highest BCUT2D eigenvalue weighted by atomic mass is 19.1. The smallest absolute Gasteiger partial charge is 0.251 e. The Balaban J connectivity index is 1.52. The summed E-state index contributed by atoms with van der Waals surface area (Å²) in [6.07, 6.45) is 1.74. The summed E-state index contributed by atoms with van der Waals surface area (Å²) in [5.74, 6) is 0.740. The van der Waals surface area contributed by atoms with Gasteiger partial charge < -0.3 is 10.6 Å². The van der Waals surface area contributed by atoms with Gasteiger partial charge in [-0.2, -0.15) is 5.10 Å². The SMILES string of the molecule is CC(C)c1nc(NCCNC(=O)c2cccc(F)c2)c2cnn(-c3ccccc3)c2n1. The molecule has 4 aromatic rings. The summed E-state index contributed by atoms with van der Waals surface area (Å²) in [5, 5.41) is 11.3. The average molecular weight is 418 g/mol. The fourth-order valence-electron chi connectivity index (χ4n) is 3.16. The second-order valence-corrected chi connectivity index (χ2v) is 7.41. The predicted molar refractivity (Wildman–Crippen MR) is 118 cm³/mol. The highest BCUT2D eigenvalue weighted by molar-refractivity contribution is 5.94. The first-order valence-electron chi connectivity index (χ1n) is 10.1. The number of amides is 1. The number of rotatable bonds is 7. The van der Waals surface area contributed by atoms with Crippen LogP contribution in [0.5, 0.6) is 0 Å². The molecule has 2 heterocycles. The van der Waals surface area contributed by atoms with Crippen molar-refractivity contribution in [2.24, 2.45) is 0 Å². The van der Waals surface area contributed by atoms with E-state index in [0.717, 1.165) is 16.7 Å². The van der Waals surface area contributed by atoms with E-state index >= 15 is 0 Å². The molecule has 7 nitrogen and oxygen atoms in total. The first kappa shape index (κ1) is 20.5. The van der Waals surface area contributed by atoms with Gasteiger partial charge in [0.05, 0.1) is 17.3 Å². The number of anilines is 1. The molecule has 0 saturated carbocycles. The molecule has 4 rings (SSSR count). The van der Waals surface area contributed by atoms with Gasteiger partial charge in [0.2, 0.25) is 0 Å². The van der Waals surface area contributed by atoms with Crippen molar-refractivity contribution in [2.75, 3.05) is 18.4 Å². The van der Waals surface area contributed by atoms with Crippen LogP contribution in [0.25, 0.3) is 16.7 Å². The van der Waals surface area contributed by atoms with Gasteiger partial charge in [0.1, 0.15) is 17.5 Å². The Bertz CT molecular complexity index is 1210. The van der Waals surface area contributed by atoms with Crippen molar-refractivity contribution < 1.29 is 9.18 Å². The monoisotopic (exact) mass is 418 g/mol. The van der Waals surface area contributed by atoms with Crippen molar-refractivity contribution in [3.63, 3.8) is 0 Å². The normalized spacial score (nSPS) is 11.1. The lowest BCUT2D eigenvalue weighted by molar-refractivity contribution is 0.0954. The number of nitrogens with one attached hydrogen (secondary N) is 2. The van der Waals surface area contributed by atoms with Gasteiger partial charge in [0, 0.05) is 24.6 Å². The third-order valence-corrected chi connectivity index (χ3v) is 4.75. The van der Waals surface area contributed by atoms with Crippen LogP contribution in [0, 0.1) is 5.82 Å². The highest BCUT2D eigenvalue weighted by Gasteiger charge is 2.15. The van der Waals surface area contributed by atoms with Gasteiger partial charge >= 0.3 is 0 Å². The molecule has 158 valence electrons.